The Bertz CT molecular complexity index is 575. The summed E-state index contributed by atoms with van der Waals surface area (Å²) in [7, 11) is 0. The first-order chi connectivity index (χ1) is 8.69. The van der Waals surface area contributed by atoms with Gasteiger partial charge in [-0.1, -0.05) is 6.07 Å². The van der Waals surface area contributed by atoms with Crippen molar-refractivity contribution >= 4 is 18.4 Å². The summed E-state index contributed by atoms with van der Waals surface area (Å²) in [4.78, 5) is 14.9. The van der Waals surface area contributed by atoms with Gasteiger partial charge in [0, 0.05) is 18.8 Å². The Morgan fingerprint density at radius 3 is 2.79 bits per heavy atom. The average Bonchev–Trinajstić information content (AvgIpc) is 2.39. The van der Waals surface area contributed by atoms with E-state index in [-0.39, 0.29) is 18.0 Å². The number of hydrogen-bond acceptors (Lipinski definition) is 4. The van der Waals surface area contributed by atoms with Gasteiger partial charge in [-0.3, -0.25) is 0 Å². The van der Waals surface area contributed by atoms with Crippen molar-refractivity contribution in [3.05, 3.63) is 53.7 Å². The molecule has 100 valence electrons. The Balaban J connectivity index is 0.00000180. The first-order valence-corrected chi connectivity index (χ1v) is 5.35. The minimum absolute atomic E-state index is 0. The minimum atomic E-state index is -0.996. The third-order valence-electron chi connectivity index (χ3n) is 2.34. The largest absolute Gasteiger partial charge is 0.478 e. The molecule has 1 aromatic heterocycles. The van der Waals surface area contributed by atoms with Gasteiger partial charge in [-0.2, -0.15) is 0 Å². The zero-order chi connectivity index (χ0) is 13.0. The monoisotopic (exact) mass is 280 g/mol. The second-order valence-electron chi connectivity index (χ2n) is 3.64. The van der Waals surface area contributed by atoms with Gasteiger partial charge in [-0.05, 0) is 29.8 Å². The van der Waals surface area contributed by atoms with E-state index in [9.17, 15) is 4.79 Å². The fraction of sp³-hybridized carbons (Fsp3) is 0.0769. The second kappa shape index (κ2) is 6.72. The molecule has 0 unspecified atom stereocenters. The summed E-state index contributed by atoms with van der Waals surface area (Å²) in [6, 6.07) is 9.74. The van der Waals surface area contributed by atoms with Crippen LogP contribution in [-0.4, -0.2) is 16.1 Å². The van der Waals surface area contributed by atoms with Gasteiger partial charge in [0.25, 0.3) is 0 Å². The van der Waals surface area contributed by atoms with Crippen molar-refractivity contribution in [1.82, 2.24) is 4.98 Å². The van der Waals surface area contributed by atoms with Crippen LogP contribution in [0.15, 0.2) is 42.6 Å². The van der Waals surface area contributed by atoms with Gasteiger partial charge >= 0.3 is 5.97 Å². The molecule has 3 N–H and O–H groups in total. The van der Waals surface area contributed by atoms with Crippen LogP contribution in [-0.2, 0) is 6.54 Å². The van der Waals surface area contributed by atoms with E-state index in [2.05, 4.69) is 4.98 Å². The standard InChI is InChI=1S/C13H12N2O3.ClH/c14-8-9-4-5-15-12(6-9)18-11-3-1-2-10(7-11)13(16)17;/h1-7H,8,14H2,(H,16,17);1H. The van der Waals surface area contributed by atoms with E-state index in [4.69, 9.17) is 15.6 Å². The third kappa shape index (κ3) is 3.94. The molecule has 0 radical (unpaired) electrons. The van der Waals surface area contributed by atoms with Crippen LogP contribution in [0.25, 0.3) is 0 Å². The zero-order valence-corrected chi connectivity index (χ0v) is 10.8. The van der Waals surface area contributed by atoms with Crippen molar-refractivity contribution in [2.24, 2.45) is 5.73 Å². The lowest BCUT2D eigenvalue weighted by Crippen LogP contribution is -1.98. The molecule has 0 saturated heterocycles. The first-order valence-electron chi connectivity index (χ1n) is 5.35. The molecular formula is C13H13ClN2O3. The van der Waals surface area contributed by atoms with E-state index in [0.717, 1.165) is 5.56 Å². The molecule has 0 amide bonds. The molecule has 0 saturated carbocycles. The van der Waals surface area contributed by atoms with Crippen LogP contribution in [0.1, 0.15) is 15.9 Å². The van der Waals surface area contributed by atoms with Gasteiger partial charge in [-0.25, -0.2) is 9.78 Å². The molecule has 0 aliphatic heterocycles. The van der Waals surface area contributed by atoms with Gasteiger partial charge in [0.15, 0.2) is 0 Å². The lowest BCUT2D eigenvalue weighted by Gasteiger charge is -2.06. The van der Waals surface area contributed by atoms with Gasteiger partial charge < -0.3 is 15.6 Å². The molecule has 5 nitrogen and oxygen atoms in total. The number of nitrogens with zero attached hydrogens (tertiary/aromatic N) is 1. The maximum absolute atomic E-state index is 10.8. The van der Waals surface area contributed by atoms with E-state index < -0.39 is 5.97 Å². The molecule has 0 aliphatic rings. The molecule has 2 rings (SSSR count). The van der Waals surface area contributed by atoms with Crippen molar-refractivity contribution < 1.29 is 14.6 Å². The van der Waals surface area contributed by atoms with Crippen LogP contribution in [0, 0.1) is 0 Å². The molecule has 19 heavy (non-hydrogen) atoms. The molecular weight excluding hydrogens is 268 g/mol. The molecule has 0 fully saturated rings. The Morgan fingerprint density at radius 1 is 1.32 bits per heavy atom. The number of aromatic carboxylic acids is 1. The highest BCUT2D eigenvalue weighted by Crippen LogP contribution is 2.21. The quantitative estimate of drug-likeness (QED) is 0.898. The number of carboxylic acids is 1. The molecule has 0 atom stereocenters. The van der Waals surface area contributed by atoms with Crippen molar-refractivity contribution in [3.63, 3.8) is 0 Å². The highest BCUT2D eigenvalue weighted by Gasteiger charge is 2.05. The summed E-state index contributed by atoms with van der Waals surface area (Å²) in [5, 5.41) is 8.87. The van der Waals surface area contributed by atoms with Gasteiger partial charge in [-0.15, -0.1) is 12.4 Å². The Kier molecular flexibility index (Phi) is 5.29. The molecule has 0 aliphatic carbocycles. The summed E-state index contributed by atoms with van der Waals surface area (Å²) in [5.41, 5.74) is 6.58. The smallest absolute Gasteiger partial charge is 0.335 e. The van der Waals surface area contributed by atoms with E-state index in [1.54, 1.807) is 30.5 Å². The molecule has 0 spiro atoms. The normalized spacial score (nSPS) is 9.53. The third-order valence-corrected chi connectivity index (χ3v) is 2.34. The minimum Gasteiger partial charge on any atom is -0.478 e. The summed E-state index contributed by atoms with van der Waals surface area (Å²) in [5.74, 6) is -0.179. The number of pyridine rings is 1. The van der Waals surface area contributed by atoms with Crippen molar-refractivity contribution in [3.8, 4) is 11.6 Å². The summed E-state index contributed by atoms with van der Waals surface area (Å²) >= 11 is 0. The SMILES string of the molecule is Cl.NCc1ccnc(Oc2cccc(C(=O)O)c2)c1. The van der Waals surface area contributed by atoms with Crippen LogP contribution >= 0.6 is 12.4 Å². The number of carbonyl (C=O) groups is 1. The summed E-state index contributed by atoms with van der Waals surface area (Å²) in [6.07, 6.45) is 1.60. The lowest BCUT2D eigenvalue weighted by atomic mass is 10.2. The number of nitrogens with two attached hydrogens (primary N) is 1. The Labute approximate surface area is 116 Å². The molecule has 2 aromatic rings. The predicted molar refractivity (Wildman–Crippen MR) is 72.9 cm³/mol. The van der Waals surface area contributed by atoms with Crippen LogP contribution in [0.5, 0.6) is 11.6 Å². The number of hydrogen-bond donors (Lipinski definition) is 2. The van der Waals surface area contributed by atoms with E-state index in [0.29, 0.717) is 18.2 Å². The molecule has 6 heteroatoms. The first kappa shape index (κ1) is 14.9. The Hall–Kier alpha value is -2.11. The fourth-order valence-electron chi connectivity index (χ4n) is 1.45. The van der Waals surface area contributed by atoms with Gasteiger partial charge in [0.2, 0.25) is 5.88 Å². The van der Waals surface area contributed by atoms with E-state index in [1.807, 2.05) is 0 Å². The number of benzene rings is 1. The highest BCUT2D eigenvalue weighted by atomic mass is 35.5. The van der Waals surface area contributed by atoms with Gasteiger partial charge in [0.1, 0.15) is 5.75 Å². The van der Waals surface area contributed by atoms with Crippen LogP contribution < -0.4 is 10.5 Å². The highest BCUT2D eigenvalue weighted by molar-refractivity contribution is 5.88. The van der Waals surface area contributed by atoms with E-state index in [1.165, 1.54) is 12.1 Å². The molecule has 1 heterocycles. The van der Waals surface area contributed by atoms with Crippen LogP contribution in [0.4, 0.5) is 0 Å². The average molecular weight is 281 g/mol. The fourth-order valence-corrected chi connectivity index (χ4v) is 1.45. The zero-order valence-electron chi connectivity index (χ0n) is 9.95. The number of ether oxygens (including phenoxy) is 1. The Morgan fingerprint density at radius 2 is 2.11 bits per heavy atom. The molecule has 1 aromatic carbocycles. The number of carboxylic acid groups (broad SMARTS) is 1. The van der Waals surface area contributed by atoms with Crippen LogP contribution in [0.2, 0.25) is 0 Å². The second-order valence-corrected chi connectivity index (χ2v) is 3.64. The van der Waals surface area contributed by atoms with Crippen molar-refractivity contribution in [2.75, 3.05) is 0 Å². The molecule has 0 bridgehead atoms. The predicted octanol–water partition coefficient (Wildman–Crippen LogP) is 2.45. The maximum Gasteiger partial charge on any atom is 0.335 e. The number of halogens is 1. The van der Waals surface area contributed by atoms with Crippen molar-refractivity contribution in [1.29, 1.82) is 0 Å². The lowest BCUT2D eigenvalue weighted by molar-refractivity contribution is 0.0696. The number of rotatable bonds is 4. The van der Waals surface area contributed by atoms with Gasteiger partial charge in [0.05, 0.1) is 5.56 Å². The summed E-state index contributed by atoms with van der Waals surface area (Å²) in [6.45, 7) is 0.397. The van der Waals surface area contributed by atoms with Crippen molar-refractivity contribution in [2.45, 2.75) is 6.54 Å². The van der Waals surface area contributed by atoms with Crippen LogP contribution in [0.3, 0.4) is 0 Å². The topological polar surface area (TPSA) is 85.4 Å². The maximum atomic E-state index is 10.8. The summed E-state index contributed by atoms with van der Waals surface area (Å²) < 4.78 is 5.48. The number of aromatic nitrogens is 1. The van der Waals surface area contributed by atoms with E-state index >= 15 is 0 Å².